The number of nitrogens with zero attached hydrogens (tertiary/aromatic N) is 1. The summed E-state index contributed by atoms with van der Waals surface area (Å²) < 4.78 is 5.19. The fourth-order valence-corrected chi connectivity index (χ4v) is 2.82. The minimum absolute atomic E-state index is 0.153. The number of nitrogens with one attached hydrogen (secondary N) is 1. The maximum atomic E-state index is 13.0. The van der Waals surface area contributed by atoms with Crippen molar-refractivity contribution in [3.63, 3.8) is 0 Å². The van der Waals surface area contributed by atoms with E-state index in [1.807, 2.05) is 68.4 Å². The molecule has 1 atom stereocenters. The van der Waals surface area contributed by atoms with Crippen LogP contribution >= 0.6 is 0 Å². The summed E-state index contributed by atoms with van der Waals surface area (Å²) in [6.45, 7) is 6.48. The van der Waals surface area contributed by atoms with Crippen molar-refractivity contribution in [2.24, 2.45) is 5.92 Å². The van der Waals surface area contributed by atoms with Crippen molar-refractivity contribution in [1.29, 1.82) is 0 Å². The van der Waals surface area contributed by atoms with Crippen molar-refractivity contribution >= 4 is 11.8 Å². The van der Waals surface area contributed by atoms with Gasteiger partial charge in [-0.1, -0.05) is 56.3 Å². The molecular weight excluding hydrogens is 340 g/mol. The Kier molecular flexibility index (Phi) is 7.41. The van der Waals surface area contributed by atoms with E-state index in [4.69, 9.17) is 4.74 Å². The van der Waals surface area contributed by atoms with Crippen LogP contribution in [0.3, 0.4) is 0 Å². The molecule has 0 radical (unpaired) electrons. The van der Waals surface area contributed by atoms with E-state index in [-0.39, 0.29) is 11.8 Å². The second kappa shape index (κ2) is 9.76. The van der Waals surface area contributed by atoms with Crippen molar-refractivity contribution in [1.82, 2.24) is 10.2 Å². The Balaban J connectivity index is 2.32. The standard InChI is InChI=1S/C22H28N2O3/c1-16(2)14-23-22(26)21(19-8-6-5-7-9-19)24(17(3)25)15-18-10-12-20(27-4)13-11-18/h5-13,16,21H,14-15H2,1-4H3,(H,23,26)/t21-/m0/s1. The average molecular weight is 368 g/mol. The first-order chi connectivity index (χ1) is 12.9. The van der Waals surface area contributed by atoms with Gasteiger partial charge < -0.3 is 15.0 Å². The van der Waals surface area contributed by atoms with Crippen LogP contribution in [0.2, 0.25) is 0 Å². The third-order valence-electron chi connectivity index (χ3n) is 4.28. The molecule has 0 aliphatic carbocycles. The van der Waals surface area contributed by atoms with E-state index in [0.29, 0.717) is 19.0 Å². The molecule has 5 nitrogen and oxygen atoms in total. The Morgan fingerprint density at radius 3 is 2.19 bits per heavy atom. The molecule has 0 aromatic heterocycles. The van der Waals surface area contributed by atoms with Crippen molar-refractivity contribution in [3.05, 3.63) is 65.7 Å². The number of methoxy groups -OCH3 is 1. The fourth-order valence-electron chi connectivity index (χ4n) is 2.82. The van der Waals surface area contributed by atoms with Gasteiger partial charge in [-0.15, -0.1) is 0 Å². The third kappa shape index (κ3) is 5.84. The summed E-state index contributed by atoms with van der Waals surface area (Å²) in [5, 5.41) is 2.97. The number of carbonyl (C=O) groups is 2. The van der Waals surface area contributed by atoms with E-state index in [1.54, 1.807) is 12.0 Å². The predicted octanol–water partition coefficient (Wildman–Crippen LogP) is 3.56. The topological polar surface area (TPSA) is 58.6 Å². The molecule has 0 saturated heterocycles. The monoisotopic (exact) mass is 368 g/mol. The summed E-state index contributed by atoms with van der Waals surface area (Å²) in [4.78, 5) is 27.0. The van der Waals surface area contributed by atoms with Crippen LogP contribution < -0.4 is 10.1 Å². The van der Waals surface area contributed by atoms with Gasteiger partial charge in [0.25, 0.3) is 0 Å². The molecule has 0 unspecified atom stereocenters. The summed E-state index contributed by atoms with van der Waals surface area (Å²) in [5.74, 6) is 0.762. The van der Waals surface area contributed by atoms with Crippen LogP contribution in [0.4, 0.5) is 0 Å². The maximum Gasteiger partial charge on any atom is 0.247 e. The third-order valence-corrected chi connectivity index (χ3v) is 4.28. The number of carbonyl (C=O) groups excluding carboxylic acids is 2. The average Bonchev–Trinajstić information content (AvgIpc) is 2.67. The second-order valence-electron chi connectivity index (χ2n) is 6.95. The van der Waals surface area contributed by atoms with E-state index in [2.05, 4.69) is 5.32 Å². The zero-order chi connectivity index (χ0) is 19.8. The molecule has 2 amide bonds. The lowest BCUT2D eigenvalue weighted by Gasteiger charge is -2.31. The Labute approximate surface area is 161 Å². The van der Waals surface area contributed by atoms with Crippen molar-refractivity contribution in [3.8, 4) is 5.75 Å². The lowest BCUT2D eigenvalue weighted by molar-refractivity contribution is -0.140. The molecule has 0 fully saturated rings. The first-order valence-corrected chi connectivity index (χ1v) is 9.15. The van der Waals surface area contributed by atoms with Gasteiger partial charge in [-0.2, -0.15) is 0 Å². The largest absolute Gasteiger partial charge is 0.497 e. The quantitative estimate of drug-likeness (QED) is 0.775. The first-order valence-electron chi connectivity index (χ1n) is 9.15. The van der Waals surface area contributed by atoms with Crippen LogP contribution in [0.15, 0.2) is 54.6 Å². The zero-order valence-corrected chi connectivity index (χ0v) is 16.4. The molecule has 0 bridgehead atoms. The summed E-state index contributed by atoms with van der Waals surface area (Å²) in [6.07, 6.45) is 0. The molecule has 0 aliphatic heterocycles. The highest BCUT2D eigenvalue weighted by molar-refractivity contribution is 5.88. The molecule has 2 aromatic rings. The molecular formula is C22H28N2O3. The zero-order valence-electron chi connectivity index (χ0n) is 16.4. The van der Waals surface area contributed by atoms with Gasteiger partial charge in [0.1, 0.15) is 11.8 Å². The Morgan fingerprint density at radius 1 is 1.04 bits per heavy atom. The van der Waals surface area contributed by atoms with Crippen LogP contribution in [-0.2, 0) is 16.1 Å². The second-order valence-corrected chi connectivity index (χ2v) is 6.95. The van der Waals surface area contributed by atoms with E-state index in [0.717, 1.165) is 16.9 Å². The van der Waals surface area contributed by atoms with Crippen molar-refractivity contribution < 1.29 is 14.3 Å². The molecule has 2 aromatic carbocycles. The van der Waals surface area contributed by atoms with Crippen LogP contribution in [0.25, 0.3) is 0 Å². The van der Waals surface area contributed by atoms with Crippen LogP contribution in [0.1, 0.15) is 37.9 Å². The normalized spacial score (nSPS) is 11.7. The number of hydrogen-bond donors (Lipinski definition) is 1. The molecule has 27 heavy (non-hydrogen) atoms. The lowest BCUT2D eigenvalue weighted by Crippen LogP contribution is -2.43. The number of rotatable bonds is 8. The summed E-state index contributed by atoms with van der Waals surface area (Å²) >= 11 is 0. The molecule has 0 heterocycles. The molecule has 2 rings (SSSR count). The molecule has 1 N–H and O–H groups in total. The predicted molar refractivity (Wildman–Crippen MR) is 106 cm³/mol. The molecule has 0 saturated carbocycles. The number of amides is 2. The maximum absolute atomic E-state index is 13.0. The van der Waals surface area contributed by atoms with E-state index in [1.165, 1.54) is 6.92 Å². The smallest absolute Gasteiger partial charge is 0.247 e. The molecule has 5 heteroatoms. The highest BCUT2D eigenvalue weighted by atomic mass is 16.5. The van der Waals surface area contributed by atoms with Gasteiger partial charge in [0, 0.05) is 20.0 Å². The molecule has 0 aliphatic rings. The van der Waals surface area contributed by atoms with Crippen molar-refractivity contribution in [2.75, 3.05) is 13.7 Å². The first kappa shape index (κ1) is 20.5. The summed E-state index contributed by atoms with van der Waals surface area (Å²) in [5.41, 5.74) is 1.73. The Bertz CT molecular complexity index is 742. The van der Waals surface area contributed by atoms with Gasteiger partial charge in [-0.05, 0) is 29.2 Å². The van der Waals surface area contributed by atoms with Crippen LogP contribution in [0.5, 0.6) is 5.75 Å². The van der Waals surface area contributed by atoms with E-state index >= 15 is 0 Å². The van der Waals surface area contributed by atoms with Crippen LogP contribution in [-0.4, -0.2) is 30.4 Å². The number of ether oxygens (including phenoxy) is 1. The Morgan fingerprint density at radius 2 is 1.67 bits per heavy atom. The minimum atomic E-state index is -0.676. The Hall–Kier alpha value is -2.82. The van der Waals surface area contributed by atoms with E-state index in [9.17, 15) is 9.59 Å². The lowest BCUT2D eigenvalue weighted by atomic mass is 10.0. The minimum Gasteiger partial charge on any atom is -0.497 e. The SMILES string of the molecule is COc1ccc(CN(C(C)=O)[C@H](C(=O)NCC(C)C)c2ccccc2)cc1. The number of benzene rings is 2. The molecule has 0 spiro atoms. The number of hydrogen-bond acceptors (Lipinski definition) is 3. The van der Waals surface area contributed by atoms with Crippen molar-refractivity contribution in [2.45, 2.75) is 33.4 Å². The highest BCUT2D eigenvalue weighted by Crippen LogP contribution is 2.24. The van der Waals surface area contributed by atoms with Gasteiger partial charge >= 0.3 is 0 Å². The van der Waals surface area contributed by atoms with Gasteiger partial charge in [-0.25, -0.2) is 0 Å². The van der Waals surface area contributed by atoms with Gasteiger partial charge in [0.2, 0.25) is 11.8 Å². The van der Waals surface area contributed by atoms with Gasteiger partial charge in [0.05, 0.1) is 7.11 Å². The summed E-state index contributed by atoms with van der Waals surface area (Å²) in [7, 11) is 1.61. The van der Waals surface area contributed by atoms with E-state index < -0.39 is 6.04 Å². The fraction of sp³-hybridized carbons (Fsp3) is 0.364. The van der Waals surface area contributed by atoms with Gasteiger partial charge in [-0.3, -0.25) is 9.59 Å². The highest BCUT2D eigenvalue weighted by Gasteiger charge is 2.29. The molecule has 144 valence electrons. The summed E-state index contributed by atoms with van der Waals surface area (Å²) in [6, 6.07) is 16.2. The van der Waals surface area contributed by atoms with Crippen LogP contribution in [0, 0.1) is 5.92 Å². The van der Waals surface area contributed by atoms with Gasteiger partial charge in [0.15, 0.2) is 0 Å².